The summed E-state index contributed by atoms with van der Waals surface area (Å²) in [6.07, 6.45) is 6.82. The fraction of sp³-hybridized carbons (Fsp3) is 0.474. The van der Waals surface area contributed by atoms with E-state index >= 15 is 0 Å². The number of carbonyl (C=O) groups excluding carboxylic acids is 1. The first-order valence-corrected chi connectivity index (χ1v) is 8.80. The molecule has 2 aromatic rings. The van der Waals surface area contributed by atoms with Crippen molar-refractivity contribution in [1.82, 2.24) is 14.7 Å². The van der Waals surface area contributed by atoms with Gasteiger partial charge in [0, 0.05) is 63.0 Å². The first-order valence-electron chi connectivity index (χ1n) is 8.80. The smallest absolute Gasteiger partial charge is 0.222 e. The van der Waals surface area contributed by atoms with Gasteiger partial charge in [0.2, 0.25) is 5.91 Å². The topological polar surface area (TPSA) is 41.4 Å². The van der Waals surface area contributed by atoms with Gasteiger partial charge in [0.1, 0.15) is 0 Å². The zero-order chi connectivity index (χ0) is 16.5. The Kier molecular flexibility index (Phi) is 4.00. The summed E-state index contributed by atoms with van der Waals surface area (Å²) in [5.74, 6) is 0.833. The molecular weight excluding hydrogens is 300 g/mol. The highest BCUT2D eigenvalue weighted by atomic mass is 16.2. The Labute approximate surface area is 142 Å². The van der Waals surface area contributed by atoms with Crippen LogP contribution in [0.1, 0.15) is 36.3 Å². The molecule has 2 aliphatic heterocycles. The van der Waals surface area contributed by atoms with Gasteiger partial charge in [-0.1, -0.05) is 18.2 Å². The summed E-state index contributed by atoms with van der Waals surface area (Å²) in [7, 11) is 1.96. The molecule has 1 amide bonds. The van der Waals surface area contributed by atoms with Crippen molar-refractivity contribution in [1.29, 1.82) is 0 Å². The molecule has 4 rings (SSSR count). The molecule has 1 saturated heterocycles. The van der Waals surface area contributed by atoms with Gasteiger partial charge < -0.3 is 9.80 Å². The van der Waals surface area contributed by atoms with Crippen LogP contribution in [0.4, 0.5) is 5.69 Å². The highest BCUT2D eigenvalue weighted by molar-refractivity contribution is 5.78. The van der Waals surface area contributed by atoms with Gasteiger partial charge in [-0.05, 0) is 24.5 Å². The molecule has 2 aliphatic rings. The van der Waals surface area contributed by atoms with Gasteiger partial charge in [-0.3, -0.25) is 9.48 Å². The quantitative estimate of drug-likeness (QED) is 0.849. The highest BCUT2D eigenvalue weighted by Gasteiger charge is 2.29. The Morgan fingerprint density at radius 1 is 1.25 bits per heavy atom. The van der Waals surface area contributed by atoms with Gasteiger partial charge in [0.15, 0.2) is 0 Å². The number of hydrogen-bond donors (Lipinski definition) is 0. The van der Waals surface area contributed by atoms with Crippen molar-refractivity contribution >= 4 is 11.6 Å². The number of likely N-dealkylation sites (tertiary alicyclic amines) is 1. The number of aromatic nitrogens is 2. The van der Waals surface area contributed by atoms with Crippen LogP contribution in [-0.2, 0) is 18.4 Å². The Morgan fingerprint density at radius 2 is 2.12 bits per heavy atom. The van der Waals surface area contributed by atoms with Crippen LogP contribution in [-0.4, -0.2) is 40.2 Å². The number of nitrogens with zero attached hydrogens (tertiary/aromatic N) is 4. The summed E-state index contributed by atoms with van der Waals surface area (Å²) >= 11 is 0. The van der Waals surface area contributed by atoms with Gasteiger partial charge in [-0.2, -0.15) is 5.10 Å². The second kappa shape index (κ2) is 6.30. The van der Waals surface area contributed by atoms with Crippen LogP contribution in [0.5, 0.6) is 0 Å². The van der Waals surface area contributed by atoms with Crippen molar-refractivity contribution in [2.75, 3.05) is 24.5 Å². The fourth-order valence-electron chi connectivity index (χ4n) is 4.01. The minimum atomic E-state index is 0.327. The second-order valence-corrected chi connectivity index (χ2v) is 6.93. The zero-order valence-corrected chi connectivity index (χ0v) is 14.2. The fourth-order valence-corrected chi connectivity index (χ4v) is 4.01. The Morgan fingerprint density at radius 3 is 2.88 bits per heavy atom. The summed E-state index contributed by atoms with van der Waals surface area (Å²) in [5.41, 5.74) is 4.00. The average molecular weight is 324 g/mol. The van der Waals surface area contributed by atoms with E-state index in [-0.39, 0.29) is 0 Å². The number of fused-ring (bicyclic) bond motifs is 1. The van der Waals surface area contributed by atoms with Gasteiger partial charge in [-0.25, -0.2) is 0 Å². The summed E-state index contributed by atoms with van der Waals surface area (Å²) in [6.45, 7) is 3.74. The molecule has 1 aromatic heterocycles. The molecular formula is C19H24N4O. The van der Waals surface area contributed by atoms with Crippen LogP contribution in [0, 0.1) is 0 Å². The zero-order valence-electron chi connectivity index (χ0n) is 14.2. The minimum Gasteiger partial charge on any atom is -0.366 e. The van der Waals surface area contributed by atoms with Crippen LogP contribution >= 0.6 is 0 Å². The van der Waals surface area contributed by atoms with Crippen molar-refractivity contribution in [3.05, 3.63) is 47.8 Å². The molecule has 0 saturated carbocycles. The van der Waals surface area contributed by atoms with Crippen LogP contribution in [0.15, 0.2) is 36.7 Å². The Balaban J connectivity index is 1.47. The molecule has 3 heterocycles. The lowest BCUT2D eigenvalue weighted by atomic mass is 9.98. The third-order valence-electron chi connectivity index (χ3n) is 5.21. The molecule has 0 bridgehead atoms. The summed E-state index contributed by atoms with van der Waals surface area (Å²) in [4.78, 5) is 16.3. The number of amides is 1. The van der Waals surface area contributed by atoms with Gasteiger partial charge in [0.05, 0.1) is 6.20 Å². The molecule has 126 valence electrons. The van der Waals surface area contributed by atoms with E-state index in [2.05, 4.69) is 40.5 Å². The molecule has 0 N–H and O–H groups in total. The van der Waals surface area contributed by atoms with Crippen LogP contribution in [0.3, 0.4) is 0 Å². The van der Waals surface area contributed by atoms with Gasteiger partial charge in [0.25, 0.3) is 0 Å². The van der Waals surface area contributed by atoms with Crippen LogP contribution in [0.2, 0.25) is 0 Å². The normalized spacial score (nSPS) is 20.0. The molecule has 5 nitrogen and oxygen atoms in total. The van der Waals surface area contributed by atoms with E-state index in [4.69, 9.17) is 0 Å². The second-order valence-electron chi connectivity index (χ2n) is 6.93. The summed E-state index contributed by atoms with van der Waals surface area (Å²) in [5, 5.41) is 4.28. The predicted octanol–water partition coefficient (Wildman–Crippen LogP) is 2.54. The van der Waals surface area contributed by atoms with Crippen molar-refractivity contribution in [2.24, 2.45) is 7.05 Å². The molecule has 1 atom stereocenters. The number of benzene rings is 1. The molecule has 0 spiro atoms. The van der Waals surface area contributed by atoms with E-state index in [9.17, 15) is 4.79 Å². The SMILES string of the molecule is Cn1cc(CN2C[C@H](CCN3CCCC3=O)c3ccccc32)cn1. The maximum Gasteiger partial charge on any atom is 0.222 e. The highest BCUT2D eigenvalue weighted by Crippen LogP contribution is 2.38. The number of rotatable bonds is 5. The first kappa shape index (κ1) is 15.2. The Hall–Kier alpha value is -2.30. The van der Waals surface area contributed by atoms with E-state index in [1.54, 1.807) is 0 Å². The number of hydrogen-bond acceptors (Lipinski definition) is 3. The monoisotopic (exact) mass is 324 g/mol. The lowest BCUT2D eigenvalue weighted by Crippen LogP contribution is -2.28. The summed E-state index contributed by atoms with van der Waals surface area (Å²) in [6, 6.07) is 8.70. The third kappa shape index (κ3) is 2.90. The number of carbonyl (C=O) groups is 1. The van der Waals surface area contributed by atoms with Crippen molar-refractivity contribution in [2.45, 2.75) is 31.7 Å². The first-order chi connectivity index (χ1) is 11.7. The summed E-state index contributed by atoms with van der Waals surface area (Å²) < 4.78 is 1.85. The largest absolute Gasteiger partial charge is 0.366 e. The minimum absolute atomic E-state index is 0.327. The van der Waals surface area contributed by atoms with Gasteiger partial charge >= 0.3 is 0 Å². The molecule has 1 fully saturated rings. The molecule has 1 aromatic carbocycles. The maximum atomic E-state index is 11.8. The average Bonchev–Trinajstić information content (AvgIpc) is 3.27. The third-order valence-corrected chi connectivity index (χ3v) is 5.21. The van der Waals surface area contributed by atoms with E-state index in [1.807, 2.05) is 22.8 Å². The van der Waals surface area contributed by atoms with Crippen molar-refractivity contribution < 1.29 is 4.79 Å². The molecule has 5 heteroatoms. The lowest BCUT2D eigenvalue weighted by molar-refractivity contribution is -0.127. The lowest BCUT2D eigenvalue weighted by Gasteiger charge is -2.20. The molecule has 0 radical (unpaired) electrons. The molecule has 24 heavy (non-hydrogen) atoms. The van der Waals surface area contributed by atoms with E-state index in [1.165, 1.54) is 16.8 Å². The molecule has 0 unspecified atom stereocenters. The van der Waals surface area contributed by atoms with Crippen molar-refractivity contribution in [3.8, 4) is 0 Å². The van der Waals surface area contributed by atoms with Crippen molar-refractivity contribution in [3.63, 3.8) is 0 Å². The van der Waals surface area contributed by atoms with E-state index < -0.39 is 0 Å². The maximum absolute atomic E-state index is 11.8. The van der Waals surface area contributed by atoms with E-state index in [0.717, 1.165) is 45.4 Å². The standard InChI is InChI=1S/C19H24N4O/c1-21-12-15(11-20-21)13-23-14-16(17-5-2-3-6-18(17)23)8-10-22-9-4-7-19(22)24/h2-3,5-6,11-12,16H,4,7-10,13-14H2,1H3/t16-/m0/s1. The molecule has 0 aliphatic carbocycles. The number of anilines is 1. The number of para-hydroxylation sites is 1. The van der Waals surface area contributed by atoms with E-state index in [0.29, 0.717) is 11.8 Å². The predicted molar refractivity (Wildman–Crippen MR) is 93.9 cm³/mol. The van der Waals surface area contributed by atoms with Crippen LogP contribution in [0.25, 0.3) is 0 Å². The Bertz CT molecular complexity index is 738. The van der Waals surface area contributed by atoms with Gasteiger partial charge in [-0.15, -0.1) is 0 Å². The number of aryl methyl sites for hydroxylation is 1. The van der Waals surface area contributed by atoms with Crippen LogP contribution < -0.4 is 4.90 Å².